The van der Waals surface area contributed by atoms with Crippen LogP contribution in [0, 0.1) is 0 Å². The van der Waals surface area contributed by atoms with Gasteiger partial charge in [0, 0.05) is 43.6 Å². The number of alkyl halides is 3. The lowest BCUT2D eigenvalue weighted by atomic mass is 10.2. The lowest BCUT2D eigenvalue weighted by molar-refractivity contribution is -0.137. The fraction of sp³-hybridized carbons (Fsp3) is 0.471. The molecule has 5 nitrogen and oxygen atoms in total. The number of hydrogen-bond donors (Lipinski definition) is 0. The summed E-state index contributed by atoms with van der Waals surface area (Å²) >= 11 is 6.06. The van der Waals surface area contributed by atoms with Gasteiger partial charge in [-0.1, -0.05) is 11.6 Å². The van der Waals surface area contributed by atoms with Crippen LogP contribution in [0.4, 0.5) is 24.8 Å². The zero-order valence-electron chi connectivity index (χ0n) is 13.9. The molecule has 9 heteroatoms. The van der Waals surface area contributed by atoms with Gasteiger partial charge in [0.25, 0.3) is 0 Å². The van der Waals surface area contributed by atoms with E-state index in [0.29, 0.717) is 32.0 Å². The van der Waals surface area contributed by atoms with E-state index in [1.807, 2.05) is 4.90 Å². The maximum absolute atomic E-state index is 12.8. The Hall–Kier alpha value is -2.09. The monoisotopic (exact) mass is 383 g/mol. The highest BCUT2D eigenvalue weighted by Crippen LogP contribution is 2.34. The number of hydrogen-bond acceptors (Lipinski definition) is 5. The first kappa shape index (κ1) is 17.3. The van der Waals surface area contributed by atoms with Crippen molar-refractivity contribution < 1.29 is 13.2 Å². The smallest absolute Gasteiger partial charge is 0.353 e. The van der Waals surface area contributed by atoms with Gasteiger partial charge in [0.15, 0.2) is 0 Å². The highest BCUT2D eigenvalue weighted by molar-refractivity contribution is 6.33. The van der Waals surface area contributed by atoms with E-state index >= 15 is 0 Å². The topological polar surface area (TPSA) is 45.2 Å². The fourth-order valence-electron chi connectivity index (χ4n) is 3.56. The second-order valence-electron chi connectivity index (χ2n) is 6.48. The van der Waals surface area contributed by atoms with E-state index < -0.39 is 11.7 Å². The van der Waals surface area contributed by atoms with Crippen LogP contribution in [0.15, 0.2) is 18.6 Å². The molecular weight excluding hydrogens is 367 g/mol. The van der Waals surface area contributed by atoms with E-state index in [-0.39, 0.29) is 5.02 Å². The maximum Gasteiger partial charge on any atom is 0.417 e. The van der Waals surface area contributed by atoms with Crippen LogP contribution in [-0.4, -0.2) is 41.1 Å². The molecule has 4 rings (SSSR count). The second kappa shape index (κ2) is 6.57. The van der Waals surface area contributed by atoms with Gasteiger partial charge in [0.2, 0.25) is 0 Å². The SMILES string of the molecule is FC(F)(F)c1cnc(N2CCN(c3ncnc4c3CCC4)CC2)c(Cl)c1. The molecule has 0 N–H and O–H groups in total. The van der Waals surface area contributed by atoms with Crippen molar-refractivity contribution in [3.05, 3.63) is 40.4 Å². The fourth-order valence-corrected chi connectivity index (χ4v) is 3.85. The van der Waals surface area contributed by atoms with E-state index in [1.165, 1.54) is 5.56 Å². The molecule has 138 valence electrons. The minimum Gasteiger partial charge on any atom is -0.353 e. The molecular formula is C17H17ClF3N5. The predicted molar refractivity (Wildman–Crippen MR) is 92.7 cm³/mol. The maximum atomic E-state index is 12.8. The zero-order chi connectivity index (χ0) is 18.3. The lowest BCUT2D eigenvalue weighted by Gasteiger charge is -2.37. The van der Waals surface area contributed by atoms with Crippen LogP contribution < -0.4 is 9.80 Å². The molecule has 0 amide bonds. The van der Waals surface area contributed by atoms with Gasteiger partial charge in [-0.05, 0) is 25.3 Å². The first-order valence-electron chi connectivity index (χ1n) is 8.49. The summed E-state index contributed by atoms with van der Waals surface area (Å²) in [4.78, 5) is 16.9. The van der Waals surface area contributed by atoms with Gasteiger partial charge in [0.05, 0.1) is 10.6 Å². The Morgan fingerprint density at radius 2 is 1.62 bits per heavy atom. The molecule has 2 aliphatic rings. The summed E-state index contributed by atoms with van der Waals surface area (Å²) in [6.07, 6.45) is 1.10. The molecule has 1 saturated heterocycles. The van der Waals surface area contributed by atoms with Gasteiger partial charge in [0.1, 0.15) is 18.0 Å². The number of fused-ring (bicyclic) bond motifs is 1. The average molecular weight is 384 g/mol. The van der Waals surface area contributed by atoms with E-state index in [2.05, 4.69) is 19.9 Å². The summed E-state index contributed by atoms with van der Waals surface area (Å²) in [5.41, 5.74) is 1.53. The molecule has 26 heavy (non-hydrogen) atoms. The van der Waals surface area contributed by atoms with Crippen molar-refractivity contribution in [1.82, 2.24) is 15.0 Å². The summed E-state index contributed by atoms with van der Waals surface area (Å²) in [5.74, 6) is 1.38. The number of piperazine rings is 1. The van der Waals surface area contributed by atoms with Gasteiger partial charge in [-0.25, -0.2) is 15.0 Å². The standard InChI is InChI=1S/C17H17ClF3N5/c18-13-8-11(17(19,20)21)9-22-16(13)26-6-4-25(5-7-26)15-12-2-1-3-14(12)23-10-24-15/h8-10H,1-7H2. The Morgan fingerprint density at radius 1 is 0.923 bits per heavy atom. The van der Waals surface area contributed by atoms with E-state index in [0.717, 1.165) is 43.0 Å². The predicted octanol–water partition coefficient (Wildman–Crippen LogP) is 3.36. The van der Waals surface area contributed by atoms with Gasteiger partial charge in [-0.3, -0.25) is 0 Å². The summed E-state index contributed by atoms with van der Waals surface area (Å²) in [6, 6.07) is 0.938. The van der Waals surface area contributed by atoms with Crippen LogP contribution in [0.5, 0.6) is 0 Å². The molecule has 1 aliphatic carbocycles. The average Bonchev–Trinajstić information content (AvgIpc) is 3.10. The third-order valence-corrected chi connectivity index (χ3v) is 5.16. The Balaban J connectivity index is 1.48. The molecule has 1 aliphatic heterocycles. The third kappa shape index (κ3) is 3.18. The van der Waals surface area contributed by atoms with Gasteiger partial charge in [-0.15, -0.1) is 0 Å². The molecule has 0 saturated carbocycles. The van der Waals surface area contributed by atoms with Crippen molar-refractivity contribution in [2.45, 2.75) is 25.4 Å². The van der Waals surface area contributed by atoms with Gasteiger partial charge in [-0.2, -0.15) is 13.2 Å². The normalized spacial score (nSPS) is 17.5. The van der Waals surface area contributed by atoms with Crippen LogP contribution in [0.3, 0.4) is 0 Å². The molecule has 1 fully saturated rings. The molecule has 2 aromatic heterocycles. The summed E-state index contributed by atoms with van der Waals surface area (Å²) in [5, 5.41) is 0.0243. The minimum absolute atomic E-state index is 0.0243. The third-order valence-electron chi connectivity index (χ3n) is 4.88. The number of anilines is 2. The molecule has 0 aromatic carbocycles. The number of rotatable bonds is 2. The summed E-state index contributed by atoms with van der Waals surface area (Å²) in [6.45, 7) is 2.67. The highest BCUT2D eigenvalue weighted by Gasteiger charge is 2.32. The Labute approximate surface area is 153 Å². The Morgan fingerprint density at radius 3 is 2.27 bits per heavy atom. The van der Waals surface area contributed by atoms with Gasteiger partial charge < -0.3 is 9.80 Å². The first-order valence-corrected chi connectivity index (χ1v) is 8.86. The number of pyridine rings is 1. The molecule has 3 heterocycles. The van der Waals surface area contributed by atoms with Crippen LogP contribution in [0.1, 0.15) is 23.2 Å². The largest absolute Gasteiger partial charge is 0.417 e. The Kier molecular flexibility index (Phi) is 4.38. The molecule has 0 atom stereocenters. The molecule has 0 bridgehead atoms. The van der Waals surface area contributed by atoms with Crippen LogP contribution in [0.2, 0.25) is 5.02 Å². The number of aromatic nitrogens is 3. The van der Waals surface area contributed by atoms with Crippen molar-refractivity contribution in [1.29, 1.82) is 0 Å². The highest BCUT2D eigenvalue weighted by atomic mass is 35.5. The number of nitrogens with zero attached hydrogens (tertiary/aromatic N) is 5. The summed E-state index contributed by atoms with van der Waals surface area (Å²) in [7, 11) is 0. The second-order valence-corrected chi connectivity index (χ2v) is 6.88. The van der Waals surface area contributed by atoms with E-state index in [4.69, 9.17) is 11.6 Å². The lowest BCUT2D eigenvalue weighted by Crippen LogP contribution is -2.47. The van der Waals surface area contributed by atoms with Crippen molar-refractivity contribution in [2.24, 2.45) is 0 Å². The van der Waals surface area contributed by atoms with Gasteiger partial charge >= 0.3 is 6.18 Å². The van der Waals surface area contributed by atoms with E-state index in [1.54, 1.807) is 6.33 Å². The number of halogens is 4. The molecule has 0 unspecified atom stereocenters. The van der Waals surface area contributed by atoms with Crippen LogP contribution in [0.25, 0.3) is 0 Å². The molecule has 0 spiro atoms. The minimum atomic E-state index is -4.44. The molecule has 2 aromatic rings. The van der Waals surface area contributed by atoms with Crippen molar-refractivity contribution in [3.8, 4) is 0 Å². The first-order chi connectivity index (χ1) is 12.4. The van der Waals surface area contributed by atoms with Crippen molar-refractivity contribution >= 4 is 23.2 Å². The molecule has 0 radical (unpaired) electrons. The van der Waals surface area contributed by atoms with Crippen molar-refractivity contribution in [2.75, 3.05) is 36.0 Å². The summed E-state index contributed by atoms with van der Waals surface area (Å²) < 4.78 is 38.3. The quantitative estimate of drug-likeness (QED) is 0.795. The van der Waals surface area contributed by atoms with E-state index in [9.17, 15) is 13.2 Å². The van der Waals surface area contributed by atoms with Crippen LogP contribution in [-0.2, 0) is 19.0 Å². The van der Waals surface area contributed by atoms with Crippen molar-refractivity contribution in [3.63, 3.8) is 0 Å². The Bertz CT molecular complexity index is 819. The number of aryl methyl sites for hydroxylation is 1. The zero-order valence-corrected chi connectivity index (χ0v) is 14.7. The van der Waals surface area contributed by atoms with Crippen LogP contribution >= 0.6 is 11.6 Å².